The van der Waals surface area contributed by atoms with E-state index < -0.39 is 15.9 Å². The van der Waals surface area contributed by atoms with Crippen molar-refractivity contribution < 1.29 is 22.4 Å². The molecule has 0 fully saturated rings. The second kappa shape index (κ2) is 7.37. The number of amides is 1. The van der Waals surface area contributed by atoms with E-state index in [0.29, 0.717) is 29.1 Å². The first-order chi connectivity index (χ1) is 12.9. The highest BCUT2D eigenvalue weighted by molar-refractivity contribution is 7.89. The monoisotopic (exact) mass is 389 g/mol. The Hall–Kier alpha value is -2.91. The van der Waals surface area contributed by atoms with Crippen LogP contribution in [0.25, 0.3) is 11.1 Å². The number of carbonyl (C=O) groups is 1. The van der Waals surface area contributed by atoms with Crippen molar-refractivity contribution in [3.63, 3.8) is 0 Å². The standard InChI is InChI=1S/C18H19N3O5S/c1-4-17-21-13-10-12(6-8-14(13)26-17)20-18(22)11-5-7-15(25-3)16(9-11)27(23,24)19-2/h5-10,19H,4H2,1-3H3,(H,20,22). The number of ether oxygens (including phenoxy) is 1. The van der Waals surface area contributed by atoms with E-state index in [2.05, 4.69) is 15.0 Å². The van der Waals surface area contributed by atoms with Crippen molar-refractivity contribution in [1.29, 1.82) is 0 Å². The van der Waals surface area contributed by atoms with E-state index in [0.717, 1.165) is 0 Å². The minimum atomic E-state index is -3.78. The molecule has 0 aliphatic carbocycles. The highest BCUT2D eigenvalue weighted by Crippen LogP contribution is 2.26. The van der Waals surface area contributed by atoms with Gasteiger partial charge in [0.1, 0.15) is 16.2 Å². The van der Waals surface area contributed by atoms with Gasteiger partial charge in [0.05, 0.1) is 7.11 Å². The maximum absolute atomic E-state index is 12.6. The fraction of sp³-hybridized carbons (Fsp3) is 0.222. The molecule has 8 nitrogen and oxygen atoms in total. The van der Waals surface area contributed by atoms with E-state index in [4.69, 9.17) is 9.15 Å². The van der Waals surface area contributed by atoms with Crippen LogP contribution in [0.5, 0.6) is 5.75 Å². The van der Waals surface area contributed by atoms with Gasteiger partial charge in [-0.2, -0.15) is 0 Å². The number of hydrogen-bond donors (Lipinski definition) is 2. The number of oxazole rings is 1. The summed E-state index contributed by atoms with van der Waals surface area (Å²) in [6.07, 6.45) is 0.672. The molecule has 1 heterocycles. The number of nitrogens with zero attached hydrogens (tertiary/aromatic N) is 1. The third kappa shape index (κ3) is 3.79. The Morgan fingerprint density at radius 3 is 2.67 bits per heavy atom. The van der Waals surface area contributed by atoms with Crippen molar-refractivity contribution in [2.24, 2.45) is 0 Å². The lowest BCUT2D eigenvalue weighted by atomic mass is 10.2. The molecule has 2 aromatic carbocycles. The molecule has 3 rings (SSSR count). The number of hydrogen-bond acceptors (Lipinski definition) is 6. The predicted molar refractivity (Wildman–Crippen MR) is 101 cm³/mol. The number of benzene rings is 2. The van der Waals surface area contributed by atoms with Crippen LogP contribution in [-0.4, -0.2) is 33.5 Å². The quantitative estimate of drug-likeness (QED) is 0.670. The number of anilines is 1. The Morgan fingerprint density at radius 1 is 1.22 bits per heavy atom. The minimum Gasteiger partial charge on any atom is -0.495 e. The van der Waals surface area contributed by atoms with Crippen molar-refractivity contribution in [2.45, 2.75) is 18.2 Å². The SMILES string of the molecule is CCc1nc2cc(NC(=O)c3ccc(OC)c(S(=O)(=O)NC)c3)ccc2o1. The lowest BCUT2D eigenvalue weighted by molar-refractivity contribution is 0.102. The highest BCUT2D eigenvalue weighted by Gasteiger charge is 2.20. The molecule has 9 heteroatoms. The molecule has 0 spiro atoms. The Balaban J connectivity index is 1.91. The van der Waals surface area contributed by atoms with Gasteiger partial charge in [-0.25, -0.2) is 18.1 Å². The molecule has 142 valence electrons. The number of sulfonamides is 1. The number of methoxy groups -OCH3 is 1. The summed E-state index contributed by atoms with van der Waals surface area (Å²) < 4.78 is 37.1. The normalized spacial score (nSPS) is 11.5. The molecule has 27 heavy (non-hydrogen) atoms. The smallest absolute Gasteiger partial charge is 0.255 e. The first-order valence-electron chi connectivity index (χ1n) is 8.20. The zero-order chi connectivity index (χ0) is 19.6. The van der Waals surface area contributed by atoms with Gasteiger partial charge in [0, 0.05) is 17.7 Å². The first kappa shape index (κ1) is 18.9. The lowest BCUT2D eigenvalue weighted by Gasteiger charge is -2.11. The Bertz CT molecular complexity index is 1110. The van der Waals surface area contributed by atoms with Gasteiger partial charge >= 0.3 is 0 Å². The van der Waals surface area contributed by atoms with Gasteiger partial charge in [-0.15, -0.1) is 0 Å². The fourth-order valence-corrected chi connectivity index (χ4v) is 3.46. The summed E-state index contributed by atoms with van der Waals surface area (Å²) >= 11 is 0. The van der Waals surface area contributed by atoms with E-state index in [1.54, 1.807) is 18.2 Å². The molecule has 2 N–H and O–H groups in total. The topological polar surface area (TPSA) is 111 Å². The Morgan fingerprint density at radius 2 is 2.00 bits per heavy atom. The number of carbonyl (C=O) groups excluding carboxylic acids is 1. The van der Waals surface area contributed by atoms with Crippen molar-refractivity contribution in [3.05, 3.63) is 47.9 Å². The van der Waals surface area contributed by atoms with Gasteiger partial charge in [-0.3, -0.25) is 4.79 Å². The average Bonchev–Trinajstić information content (AvgIpc) is 3.09. The van der Waals surface area contributed by atoms with Gasteiger partial charge in [0.15, 0.2) is 11.5 Å². The van der Waals surface area contributed by atoms with Crippen molar-refractivity contribution >= 4 is 32.7 Å². The van der Waals surface area contributed by atoms with E-state index in [1.165, 1.54) is 32.4 Å². The van der Waals surface area contributed by atoms with Gasteiger partial charge < -0.3 is 14.5 Å². The first-order valence-corrected chi connectivity index (χ1v) is 9.68. The van der Waals surface area contributed by atoms with E-state index in [1.807, 2.05) is 6.92 Å². The zero-order valence-electron chi connectivity index (χ0n) is 15.1. The minimum absolute atomic E-state index is 0.111. The van der Waals surface area contributed by atoms with Crippen molar-refractivity contribution in [3.8, 4) is 5.75 Å². The number of aryl methyl sites for hydroxylation is 1. The van der Waals surface area contributed by atoms with E-state index in [-0.39, 0.29) is 16.2 Å². The number of rotatable bonds is 6. The average molecular weight is 389 g/mol. The van der Waals surface area contributed by atoms with Crippen molar-refractivity contribution in [2.75, 3.05) is 19.5 Å². The molecule has 0 aliphatic heterocycles. The van der Waals surface area contributed by atoms with E-state index >= 15 is 0 Å². The predicted octanol–water partition coefficient (Wildman–Crippen LogP) is 2.56. The molecule has 0 radical (unpaired) electrons. The van der Waals surface area contributed by atoms with Gasteiger partial charge in [-0.05, 0) is 43.4 Å². The third-order valence-electron chi connectivity index (χ3n) is 3.98. The fourth-order valence-electron chi connectivity index (χ4n) is 2.55. The van der Waals surface area contributed by atoms with Gasteiger partial charge in [-0.1, -0.05) is 6.92 Å². The van der Waals surface area contributed by atoms with Gasteiger partial charge in [0.2, 0.25) is 10.0 Å². The molecular formula is C18H19N3O5S. The summed E-state index contributed by atoms with van der Waals surface area (Å²) in [5.74, 6) is 0.311. The summed E-state index contributed by atoms with van der Waals surface area (Å²) in [4.78, 5) is 16.8. The Kier molecular flexibility index (Phi) is 5.15. The Labute approximate surface area is 156 Å². The maximum Gasteiger partial charge on any atom is 0.255 e. The van der Waals surface area contributed by atoms with Crippen LogP contribution in [0.1, 0.15) is 23.2 Å². The summed E-state index contributed by atoms with van der Waals surface area (Å²) in [6.45, 7) is 1.94. The number of fused-ring (bicyclic) bond motifs is 1. The molecule has 0 unspecified atom stereocenters. The van der Waals surface area contributed by atoms with E-state index in [9.17, 15) is 13.2 Å². The van der Waals surface area contributed by atoms with Crippen LogP contribution in [0.4, 0.5) is 5.69 Å². The van der Waals surface area contributed by atoms with Crippen LogP contribution in [0, 0.1) is 0 Å². The number of nitrogens with one attached hydrogen (secondary N) is 2. The molecular weight excluding hydrogens is 370 g/mol. The van der Waals surface area contributed by atoms with Crippen LogP contribution in [0.3, 0.4) is 0 Å². The van der Waals surface area contributed by atoms with Gasteiger partial charge in [0.25, 0.3) is 5.91 Å². The van der Waals surface area contributed by atoms with Crippen LogP contribution in [0.15, 0.2) is 45.7 Å². The molecule has 0 saturated heterocycles. The molecule has 0 aliphatic rings. The number of aromatic nitrogens is 1. The summed E-state index contributed by atoms with van der Waals surface area (Å²) in [5, 5.41) is 2.74. The highest BCUT2D eigenvalue weighted by atomic mass is 32.2. The summed E-state index contributed by atoms with van der Waals surface area (Å²) in [5.41, 5.74) is 1.98. The molecule has 0 bridgehead atoms. The largest absolute Gasteiger partial charge is 0.495 e. The molecule has 0 saturated carbocycles. The lowest BCUT2D eigenvalue weighted by Crippen LogP contribution is -2.20. The molecule has 1 amide bonds. The van der Waals surface area contributed by atoms with Crippen LogP contribution in [0.2, 0.25) is 0 Å². The second-order valence-corrected chi connectivity index (χ2v) is 7.53. The van der Waals surface area contributed by atoms with Crippen LogP contribution < -0.4 is 14.8 Å². The zero-order valence-corrected chi connectivity index (χ0v) is 15.9. The molecule has 1 aromatic heterocycles. The summed E-state index contributed by atoms with van der Waals surface area (Å²) in [6, 6.07) is 9.32. The third-order valence-corrected chi connectivity index (χ3v) is 5.41. The van der Waals surface area contributed by atoms with Crippen LogP contribution >= 0.6 is 0 Å². The summed E-state index contributed by atoms with van der Waals surface area (Å²) in [7, 11) is -1.12. The molecule has 0 atom stereocenters. The molecule has 3 aromatic rings. The maximum atomic E-state index is 12.6. The van der Waals surface area contributed by atoms with Crippen molar-refractivity contribution in [1.82, 2.24) is 9.71 Å². The second-order valence-electron chi connectivity index (χ2n) is 5.67. The van der Waals surface area contributed by atoms with Crippen LogP contribution in [-0.2, 0) is 16.4 Å².